The van der Waals surface area contributed by atoms with E-state index in [0.29, 0.717) is 23.5 Å². The van der Waals surface area contributed by atoms with Crippen molar-refractivity contribution in [1.29, 1.82) is 0 Å². The van der Waals surface area contributed by atoms with Gasteiger partial charge in [-0.15, -0.1) is 0 Å². The zero-order valence-electron chi connectivity index (χ0n) is 20.1. The lowest BCUT2D eigenvalue weighted by Gasteiger charge is -2.33. The van der Waals surface area contributed by atoms with E-state index in [1.807, 2.05) is 6.07 Å². The van der Waals surface area contributed by atoms with E-state index in [-0.39, 0.29) is 37.1 Å². The quantitative estimate of drug-likeness (QED) is 0.512. The molecule has 186 valence electrons. The van der Waals surface area contributed by atoms with Crippen molar-refractivity contribution in [3.05, 3.63) is 69.8 Å². The van der Waals surface area contributed by atoms with Crippen LogP contribution in [0.15, 0.2) is 30.3 Å². The second-order valence-electron chi connectivity index (χ2n) is 9.58. The maximum Gasteiger partial charge on any atom is 0.255 e. The van der Waals surface area contributed by atoms with E-state index in [0.717, 1.165) is 42.6 Å². The van der Waals surface area contributed by atoms with Gasteiger partial charge in [0.15, 0.2) is 5.69 Å². The summed E-state index contributed by atoms with van der Waals surface area (Å²) in [6.45, 7) is 9.73. The molecule has 9 heteroatoms. The van der Waals surface area contributed by atoms with Crippen LogP contribution in [-0.4, -0.2) is 53.8 Å². The molecule has 0 aliphatic carbocycles. The number of halogens is 1. The number of ether oxygens (including phenoxy) is 1. The molecule has 0 bridgehead atoms. The molecule has 0 aromatic heterocycles. The normalized spacial score (nSPS) is 20.8. The molecule has 2 fully saturated rings. The van der Waals surface area contributed by atoms with Gasteiger partial charge in [0.25, 0.3) is 5.91 Å². The van der Waals surface area contributed by atoms with Gasteiger partial charge in [-0.2, -0.15) is 0 Å². The number of piperidine rings is 2. The first-order valence-electron chi connectivity index (χ1n) is 12.1. The van der Waals surface area contributed by atoms with Gasteiger partial charge in [0, 0.05) is 30.6 Å². The Hall–Kier alpha value is -3.77. The number of carbonyl (C=O) groups excluding carboxylic acids is 3. The number of nitrogens with zero attached hydrogens (tertiary/aromatic N) is 3. The third-order valence-corrected chi connectivity index (χ3v) is 7.48. The van der Waals surface area contributed by atoms with E-state index in [1.165, 1.54) is 17.0 Å². The zero-order chi connectivity index (χ0) is 25.4. The summed E-state index contributed by atoms with van der Waals surface area (Å²) >= 11 is 0. The summed E-state index contributed by atoms with van der Waals surface area (Å²) in [4.78, 5) is 44.3. The molecule has 5 rings (SSSR count). The molecule has 2 saturated heterocycles. The fourth-order valence-electron chi connectivity index (χ4n) is 5.59. The number of amides is 3. The number of nitrogens with one attached hydrogen (secondary N) is 1. The first-order valence-corrected chi connectivity index (χ1v) is 12.1. The fourth-order valence-corrected chi connectivity index (χ4v) is 5.59. The first-order chi connectivity index (χ1) is 17.4. The summed E-state index contributed by atoms with van der Waals surface area (Å²) < 4.78 is 20.1. The Bertz CT molecular complexity index is 1280. The highest BCUT2D eigenvalue weighted by Gasteiger charge is 2.41. The molecule has 0 radical (unpaired) electrons. The van der Waals surface area contributed by atoms with Crippen LogP contribution in [0.5, 0.6) is 5.75 Å². The van der Waals surface area contributed by atoms with Gasteiger partial charge < -0.3 is 9.64 Å². The third kappa shape index (κ3) is 4.44. The number of likely N-dealkylation sites (tertiary alicyclic amines) is 1. The van der Waals surface area contributed by atoms with E-state index in [2.05, 4.69) is 15.1 Å². The molecule has 3 amide bonds. The van der Waals surface area contributed by atoms with Crippen LogP contribution in [0.4, 0.5) is 10.1 Å². The molecule has 36 heavy (non-hydrogen) atoms. The molecular weight excluding hydrogens is 463 g/mol. The van der Waals surface area contributed by atoms with Gasteiger partial charge in [0.05, 0.1) is 13.7 Å². The molecular formula is C27H27FN4O4. The van der Waals surface area contributed by atoms with Crippen molar-refractivity contribution in [3.63, 3.8) is 0 Å². The van der Waals surface area contributed by atoms with Gasteiger partial charge in [-0.1, -0.05) is 12.1 Å². The standard InChI is InChI=1S/C27H27FN4O4/c1-29-19-4-3-17(24(13-19)36-2)14-31-9-7-16(8-10-31)20-11-18(28)12-21-22(20)15-32(27(21)35)23-5-6-25(33)30-26(23)34/h3-4,11-13,16,23H,5-10,14-15H2,2H3,(H,30,33,34). The molecule has 0 spiro atoms. The molecule has 1 atom stereocenters. The molecule has 2 aromatic carbocycles. The van der Waals surface area contributed by atoms with Crippen molar-refractivity contribution in [2.45, 2.75) is 50.7 Å². The molecule has 8 nitrogen and oxygen atoms in total. The van der Waals surface area contributed by atoms with Crippen LogP contribution in [0.2, 0.25) is 0 Å². The Kier molecular flexibility index (Phi) is 6.46. The minimum atomic E-state index is -0.718. The first kappa shape index (κ1) is 23.9. The summed E-state index contributed by atoms with van der Waals surface area (Å²) in [5.41, 5.74) is 3.50. The second-order valence-corrected chi connectivity index (χ2v) is 9.58. The largest absolute Gasteiger partial charge is 0.498 e. The smallest absolute Gasteiger partial charge is 0.255 e. The highest BCUT2D eigenvalue weighted by atomic mass is 19.1. The van der Waals surface area contributed by atoms with Crippen LogP contribution in [0.1, 0.15) is 58.6 Å². The van der Waals surface area contributed by atoms with E-state index in [4.69, 9.17) is 11.3 Å². The minimum Gasteiger partial charge on any atom is -0.498 e. The van der Waals surface area contributed by atoms with Crippen LogP contribution < -0.4 is 10.1 Å². The predicted octanol–water partition coefficient (Wildman–Crippen LogP) is 3.53. The van der Waals surface area contributed by atoms with Crippen molar-refractivity contribution in [2.24, 2.45) is 0 Å². The maximum atomic E-state index is 14.6. The maximum absolute atomic E-state index is 14.6. The van der Waals surface area contributed by atoms with E-state index >= 15 is 0 Å². The Morgan fingerprint density at radius 2 is 1.92 bits per heavy atom. The molecule has 1 N–H and O–H groups in total. The topological polar surface area (TPSA) is 83.3 Å². The second kappa shape index (κ2) is 9.70. The summed E-state index contributed by atoms with van der Waals surface area (Å²) in [5.74, 6) is -0.810. The molecule has 1 unspecified atom stereocenters. The van der Waals surface area contributed by atoms with Gasteiger partial charge in [0.2, 0.25) is 11.8 Å². The zero-order valence-corrected chi connectivity index (χ0v) is 20.1. The number of carbonyl (C=O) groups is 3. The Labute approximate surface area is 208 Å². The van der Waals surface area contributed by atoms with Crippen molar-refractivity contribution in [1.82, 2.24) is 15.1 Å². The Balaban J connectivity index is 1.30. The van der Waals surface area contributed by atoms with E-state index < -0.39 is 17.8 Å². The average molecular weight is 491 g/mol. The van der Waals surface area contributed by atoms with Gasteiger partial charge >= 0.3 is 0 Å². The monoisotopic (exact) mass is 490 g/mol. The van der Waals surface area contributed by atoms with Gasteiger partial charge in [0.1, 0.15) is 17.6 Å². The van der Waals surface area contributed by atoms with Gasteiger partial charge in [-0.05, 0) is 67.6 Å². The molecule has 3 heterocycles. The van der Waals surface area contributed by atoms with E-state index in [1.54, 1.807) is 19.2 Å². The van der Waals surface area contributed by atoms with Crippen molar-refractivity contribution >= 4 is 23.4 Å². The summed E-state index contributed by atoms with van der Waals surface area (Å²) in [7, 11) is 1.60. The number of hydrogen-bond donors (Lipinski definition) is 1. The predicted molar refractivity (Wildman–Crippen MR) is 129 cm³/mol. The van der Waals surface area contributed by atoms with Crippen LogP contribution in [-0.2, 0) is 22.7 Å². The SMILES string of the molecule is [C-]#[N+]c1ccc(CN2CCC(c3cc(F)cc4c3CN(C3CCC(=O)NC3=O)C4=O)CC2)c(OC)c1. The Morgan fingerprint density at radius 3 is 2.61 bits per heavy atom. The molecule has 3 aliphatic rings. The molecule has 2 aromatic rings. The summed E-state index contributed by atoms with van der Waals surface area (Å²) in [5, 5.41) is 2.31. The lowest BCUT2D eigenvalue weighted by molar-refractivity contribution is -0.136. The lowest BCUT2D eigenvalue weighted by Crippen LogP contribution is -2.52. The highest BCUT2D eigenvalue weighted by molar-refractivity contribution is 6.05. The number of hydrogen-bond acceptors (Lipinski definition) is 5. The number of fused-ring (bicyclic) bond motifs is 1. The van der Waals surface area contributed by atoms with Crippen LogP contribution in [0.3, 0.4) is 0 Å². The van der Waals surface area contributed by atoms with Crippen molar-refractivity contribution < 1.29 is 23.5 Å². The number of rotatable bonds is 5. The molecule has 0 saturated carbocycles. The number of benzene rings is 2. The van der Waals surface area contributed by atoms with Crippen molar-refractivity contribution in [2.75, 3.05) is 20.2 Å². The molecule has 3 aliphatic heterocycles. The average Bonchev–Trinajstić information content (AvgIpc) is 3.20. The third-order valence-electron chi connectivity index (χ3n) is 7.48. The summed E-state index contributed by atoms with van der Waals surface area (Å²) in [6.07, 6.45) is 2.08. The fraction of sp³-hybridized carbons (Fsp3) is 0.407. The van der Waals surface area contributed by atoms with E-state index in [9.17, 15) is 18.8 Å². The number of methoxy groups -OCH3 is 1. The van der Waals surface area contributed by atoms with Gasteiger partial charge in [-0.3, -0.25) is 24.6 Å². The highest BCUT2D eigenvalue weighted by Crippen LogP contribution is 2.38. The Morgan fingerprint density at radius 1 is 1.14 bits per heavy atom. The van der Waals surface area contributed by atoms with Crippen LogP contribution >= 0.6 is 0 Å². The van der Waals surface area contributed by atoms with Gasteiger partial charge in [-0.25, -0.2) is 9.24 Å². The lowest BCUT2D eigenvalue weighted by atomic mass is 9.85. The summed E-state index contributed by atoms with van der Waals surface area (Å²) in [6, 6.07) is 7.54. The number of imide groups is 1. The minimum absolute atomic E-state index is 0.103. The van der Waals surface area contributed by atoms with Crippen LogP contribution in [0.25, 0.3) is 4.85 Å². The van der Waals surface area contributed by atoms with Crippen LogP contribution in [0, 0.1) is 12.4 Å². The van der Waals surface area contributed by atoms with Crippen molar-refractivity contribution in [3.8, 4) is 5.75 Å².